The summed E-state index contributed by atoms with van der Waals surface area (Å²) in [6, 6.07) is 13.3. The van der Waals surface area contributed by atoms with Gasteiger partial charge in [0.25, 0.3) is 0 Å². The normalized spacial score (nSPS) is 11.0. The van der Waals surface area contributed by atoms with Crippen molar-refractivity contribution in [2.45, 2.75) is 0 Å². The van der Waals surface area contributed by atoms with E-state index in [2.05, 4.69) is 5.32 Å². The van der Waals surface area contributed by atoms with Crippen LogP contribution in [0.5, 0.6) is 5.75 Å². The van der Waals surface area contributed by atoms with Crippen molar-refractivity contribution in [2.24, 2.45) is 0 Å². The third kappa shape index (κ3) is 3.26. The van der Waals surface area contributed by atoms with Gasteiger partial charge >= 0.3 is 5.00 Å². The van der Waals surface area contributed by atoms with Gasteiger partial charge in [-0.15, -0.1) is 0 Å². The minimum absolute atomic E-state index is 0.0274. The van der Waals surface area contributed by atoms with E-state index in [-0.39, 0.29) is 16.7 Å². The van der Waals surface area contributed by atoms with E-state index >= 15 is 0 Å². The Morgan fingerprint density at radius 3 is 2.62 bits per heavy atom. The molecule has 3 aromatic rings. The number of nitrogens with zero attached hydrogens (tertiary/aromatic N) is 1. The van der Waals surface area contributed by atoms with Crippen LogP contribution in [0.3, 0.4) is 0 Å². The van der Waals surface area contributed by atoms with Crippen LogP contribution in [0.25, 0.3) is 16.8 Å². The highest BCUT2D eigenvalue weighted by Gasteiger charge is 2.09. The fraction of sp³-hybridized carbons (Fsp3) is 0. The van der Waals surface area contributed by atoms with Gasteiger partial charge in [0, 0.05) is 33.5 Å². The summed E-state index contributed by atoms with van der Waals surface area (Å²) in [5.41, 5.74) is 0.579. The molecule has 0 saturated heterocycles. The van der Waals surface area contributed by atoms with Crippen molar-refractivity contribution in [3.05, 3.63) is 69.6 Å². The average molecular weight is 340 g/mol. The lowest BCUT2D eigenvalue weighted by molar-refractivity contribution is -0.380. The van der Waals surface area contributed by atoms with Crippen LogP contribution in [0.15, 0.2) is 54.6 Å². The van der Waals surface area contributed by atoms with Crippen molar-refractivity contribution < 1.29 is 14.8 Å². The number of hydrogen-bond acceptors (Lipinski definition) is 5. The van der Waals surface area contributed by atoms with E-state index in [4.69, 9.17) is 0 Å². The largest absolute Gasteiger partial charge is 0.507 e. The van der Waals surface area contributed by atoms with Crippen LogP contribution in [-0.4, -0.2) is 15.9 Å². The second kappa shape index (κ2) is 6.51. The summed E-state index contributed by atoms with van der Waals surface area (Å²) in [5, 5.41) is 24.6. The van der Waals surface area contributed by atoms with Crippen LogP contribution in [-0.2, 0) is 4.79 Å². The Morgan fingerprint density at radius 1 is 1.12 bits per heavy atom. The lowest BCUT2D eigenvalue weighted by Crippen LogP contribution is -2.07. The first-order chi connectivity index (χ1) is 11.5. The maximum Gasteiger partial charge on any atom is 0.324 e. The van der Waals surface area contributed by atoms with Crippen LogP contribution >= 0.6 is 11.3 Å². The Balaban J connectivity index is 1.78. The number of nitrogens with one attached hydrogen (secondary N) is 1. The predicted molar refractivity (Wildman–Crippen MR) is 94.2 cm³/mol. The van der Waals surface area contributed by atoms with E-state index in [0.29, 0.717) is 16.0 Å². The number of phenolic OH excluding ortho intramolecular Hbond substituents is 1. The Kier molecular flexibility index (Phi) is 4.26. The monoisotopic (exact) mass is 340 g/mol. The fourth-order valence-electron chi connectivity index (χ4n) is 2.26. The van der Waals surface area contributed by atoms with Gasteiger partial charge in [-0.25, -0.2) is 0 Å². The third-order valence-corrected chi connectivity index (χ3v) is 4.35. The van der Waals surface area contributed by atoms with Gasteiger partial charge in [-0.1, -0.05) is 35.6 Å². The summed E-state index contributed by atoms with van der Waals surface area (Å²) in [7, 11) is 0. The van der Waals surface area contributed by atoms with Crippen LogP contribution < -0.4 is 5.32 Å². The van der Waals surface area contributed by atoms with Crippen molar-refractivity contribution in [2.75, 3.05) is 5.32 Å². The molecule has 3 rings (SSSR count). The second-order valence-electron chi connectivity index (χ2n) is 4.93. The standard InChI is InChI=1S/C17H12N2O4S/c20-15-6-2-3-12-13(15)4-1-5-14(12)18-16(21)9-7-11-8-10-17(24-11)19(22)23/h1-10,20H,(H,18,21)/b9-7+. The minimum atomic E-state index is -0.468. The third-order valence-electron chi connectivity index (χ3n) is 3.35. The second-order valence-corrected chi connectivity index (χ2v) is 6.03. The number of phenols is 1. The number of aromatic hydroxyl groups is 1. The zero-order chi connectivity index (χ0) is 17.1. The van der Waals surface area contributed by atoms with Crippen LogP contribution in [0.1, 0.15) is 4.88 Å². The number of rotatable bonds is 4. The predicted octanol–water partition coefficient (Wildman–Crippen LogP) is 4.17. The smallest absolute Gasteiger partial charge is 0.324 e. The number of nitro groups is 1. The summed E-state index contributed by atoms with van der Waals surface area (Å²) in [6.45, 7) is 0. The van der Waals surface area contributed by atoms with Crippen molar-refractivity contribution in [3.8, 4) is 5.75 Å². The van der Waals surface area contributed by atoms with Crippen LogP contribution in [0.2, 0.25) is 0 Å². The number of thiophene rings is 1. The van der Waals surface area contributed by atoms with E-state index in [1.54, 1.807) is 42.5 Å². The molecule has 7 heteroatoms. The van der Waals surface area contributed by atoms with Gasteiger partial charge in [0.1, 0.15) is 5.75 Å². The highest BCUT2D eigenvalue weighted by Crippen LogP contribution is 2.30. The fourth-order valence-corrected chi connectivity index (χ4v) is 2.99. The van der Waals surface area contributed by atoms with Gasteiger partial charge < -0.3 is 10.4 Å². The molecule has 6 nitrogen and oxygen atoms in total. The first-order valence-electron chi connectivity index (χ1n) is 6.98. The minimum Gasteiger partial charge on any atom is -0.507 e. The number of carbonyl (C=O) groups is 1. The van der Waals surface area contributed by atoms with E-state index < -0.39 is 4.92 Å². The Labute approximate surface area is 140 Å². The molecule has 1 amide bonds. The van der Waals surface area contributed by atoms with E-state index in [9.17, 15) is 20.0 Å². The molecule has 24 heavy (non-hydrogen) atoms. The molecule has 0 aliphatic rings. The molecule has 0 bridgehead atoms. The molecule has 1 aromatic heterocycles. The average Bonchev–Trinajstić information content (AvgIpc) is 3.03. The maximum atomic E-state index is 12.1. The van der Waals surface area contributed by atoms with Crippen molar-refractivity contribution >= 4 is 44.8 Å². The van der Waals surface area contributed by atoms with E-state index in [0.717, 1.165) is 16.7 Å². The number of anilines is 1. The number of benzene rings is 2. The molecule has 2 N–H and O–H groups in total. The number of amides is 1. The Morgan fingerprint density at radius 2 is 1.88 bits per heavy atom. The zero-order valence-corrected chi connectivity index (χ0v) is 13.1. The van der Waals surface area contributed by atoms with Crippen molar-refractivity contribution in [3.63, 3.8) is 0 Å². The molecule has 0 fully saturated rings. The van der Waals surface area contributed by atoms with Crippen molar-refractivity contribution in [1.82, 2.24) is 0 Å². The van der Waals surface area contributed by atoms with Crippen LogP contribution in [0, 0.1) is 10.1 Å². The van der Waals surface area contributed by atoms with E-state index in [1.165, 1.54) is 18.2 Å². The van der Waals surface area contributed by atoms with Gasteiger partial charge in [-0.05, 0) is 24.3 Å². The molecule has 0 spiro atoms. The molecule has 0 aliphatic heterocycles. The molecule has 2 aromatic carbocycles. The highest BCUT2D eigenvalue weighted by molar-refractivity contribution is 7.16. The first-order valence-corrected chi connectivity index (χ1v) is 7.80. The zero-order valence-electron chi connectivity index (χ0n) is 12.3. The van der Waals surface area contributed by atoms with Gasteiger partial charge in [-0.2, -0.15) is 0 Å². The molecule has 0 atom stereocenters. The molecule has 0 unspecified atom stereocenters. The molecule has 0 aliphatic carbocycles. The molecule has 0 radical (unpaired) electrons. The lowest BCUT2D eigenvalue weighted by Gasteiger charge is -2.07. The van der Waals surface area contributed by atoms with Crippen molar-refractivity contribution in [1.29, 1.82) is 0 Å². The molecule has 1 heterocycles. The lowest BCUT2D eigenvalue weighted by atomic mass is 10.1. The summed E-state index contributed by atoms with van der Waals surface area (Å²) in [5.74, 6) is -0.216. The number of fused-ring (bicyclic) bond motifs is 1. The number of carbonyl (C=O) groups excluding carboxylic acids is 1. The molecule has 0 saturated carbocycles. The maximum absolute atomic E-state index is 12.1. The van der Waals surface area contributed by atoms with Gasteiger partial charge in [0.2, 0.25) is 5.91 Å². The Bertz CT molecular complexity index is 962. The quantitative estimate of drug-likeness (QED) is 0.423. The van der Waals surface area contributed by atoms with Gasteiger partial charge in [-0.3, -0.25) is 14.9 Å². The van der Waals surface area contributed by atoms with Gasteiger partial charge in [0.05, 0.1) is 4.92 Å². The summed E-state index contributed by atoms with van der Waals surface area (Å²) in [4.78, 5) is 22.9. The van der Waals surface area contributed by atoms with E-state index in [1.807, 2.05) is 0 Å². The Hall–Kier alpha value is -3.19. The highest BCUT2D eigenvalue weighted by atomic mass is 32.1. The number of hydrogen-bond donors (Lipinski definition) is 2. The summed E-state index contributed by atoms with van der Waals surface area (Å²) >= 11 is 0.995. The summed E-state index contributed by atoms with van der Waals surface area (Å²) in [6.07, 6.45) is 2.84. The van der Waals surface area contributed by atoms with Crippen LogP contribution in [0.4, 0.5) is 10.7 Å². The first kappa shape index (κ1) is 15.7. The SMILES string of the molecule is O=C(/C=C/c1ccc([N+](=O)[O-])s1)Nc1cccc2c(O)cccc12. The van der Waals surface area contributed by atoms with Gasteiger partial charge in [0.15, 0.2) is 0 Å². The molecule has 120 valence electrons. The summed E-state index contributed by atoms with van der Waals surface area (Å²) < 4.78 is 0. The molecular weight excluding hydrogens is 328 g/mol. The topological polar surface area (TPSA) is 92.5 Å². The molecular formula is C17H12N2O4S.